The van der Waals surface area contributed by atoms with Crippen LogP contribution in [0.25, 0.3) is 0 Å². The van der Waals surface area contributed by atoms with Gasteiger partial charge in [0.2, 0.25) is 5.91 Å². The molecule has 3 aliphatic heterocycles. The van der Waals surface area contributed by atoms with E-state index in [0.717, 1.165) is 48.1 Å². The van der Waals surface area contributed by atoms with E-state index in [1.165, 1.54) is 18.9 Å². The number of likely N-dealkylation sites (tertiary alicyclic amines) is 1. The van der Waals surface area contributed by atoms with Crippen molar-refractivity contribution in [3.8, 4) is 0 Å². The highest BCUT2D eigenvalue weighted by Crippen LogP contribution is 2.45. The number of methoxy groups -OCH3 is 1. The smallest absolute Gasteiger partial charge is 0.338 e. The fourth-order valence-corrected chi connectivity index (χ4v) is 5.33. The number of amidine groups is 1. The van der Waals surface area contributed by atoms with Gasteiger partial charge in [-0.3, -0.25) is 4.79 Å². The molecule has 0 aromatic heterocycles. The minimum Gasteiger partial charge on any atom is -0.466 e. The Morgan fingerprint density at radius 2 is 1.90 bits per heavy atom. The quantitative estimate of drug-likeness (QED) is 0.634. The second kappa shape index (κ2) is 9.30. The van der Waals surface area contributed by atoms with E-state index in [9.17, 15) is 9.59 Å². The van der Waals surface area contributed by atoms with Crippen LogP contribution in [0.2, 0.25) is 0 Å². The minimum absolute atomic E-state index is 0.136. The Morgan fingerprint density at radius 1 is 1.19 bits per heavy atom. The average molecular weight is 440 g/mol. The maximum absolute atomic E-state index is 13.1. The topological polar surface area (TPSA) is 62.2 Å². The highest BCUT2D eigenvalue weighted by molar-refractivity contribution is 8.16. The molecule has 1 atom stereocenters. The normalized spacial score (nSPS) is 21.6. The predicted octanol–water partition coefficient (Wildman–Crippen LogP) is 4.47. The van der Waals surface area contributed by atoms with Crippen LogP contribution < -0.4 is 0 Å². The molecule has 31 heavy (non-hydrogen) atoms. The van der Waals surface area contributed by atoms with Crippen molar-refractivity contribution in [3.63, 3.8) is 0 Å². The van der Waals surface area contributed by atoms with E-state index in [0.29, 0.717) is 24.3 Å². The molecule has 0 spiro atoms. The number of rotatable bonds is 5. The lowest BCUT2D eigenvalue weighted by atomic mass is 9.93. The zero-order valence-electron chi connectivity index (χ0n) is 18.3. The number of carbonyl (C=O) groups excluding carboxylic acids is 2. The molecule has 0 unspecified atom stereocenters. The van der Waals surface area contributed by atoms with Crippen LogP contribution in [0.3, 0.4) is 0 Å². The Bertz CT molecular complexity index is 946. The molecule has 164 valence electrons. The number of ether oxygens (including phenoxy) is 1. The van der Waals surface area contributed by atoms with Crippen molar-refractivity contribution in [3.05, 3.63) is 58.3 Å². The Kier molecular flexibility index (Phi) is 6.51. The van der Waals surface area contributed by atoms with Gasteiger partial charge >= 0.3 is 5.97 Å². The highest BCUT2D eigenvalue weighted by Gasteiger charge is 2.41. The molecule has 0 saturated carbocycles. The summed E-state index contributed by atoms with van der Waals surface area (Å²) in [7, 11) is 1.40. The summed E-state index contributed by atoms with van der Waals surface area (Å²) in [6.07, 6.45) is 3.04. The monoisotopic (exact) mass is 439 g/mol. The molecular weight excluding hydrogens is 410 g/mol. The Morgan fingerprint density at radius 3 is 2.55 bits per heavy atom. The maximum atomic E-state index is 13.1. The van der Waals surface area contributed by atoms with Gasteiger partial charge in [-0.2, -0.15) is 0 Å². The fraction of sp³-hybridized carbons (Fsp3) is 0.458. The molecule has 0 N–H and O–H groups in total. The van der Waals surface area contributed by atoms with Crippen molar-refractivity contribution in [2.24, 2.45) is 10.9 Å². The van der Waals surface area contributed by atoms with Crippen LogP contribution in [0, 0.1) is 5.92 Å². The maximum Gasteiger partial charge on any atom is 0.338 e. The van der Waals surface area contributed by atoms with E-state index in [4.69, 9.17) is 9.73 Å². The van der Waals surface area contributed by atoms with Gasteiger partial charge in [-0.15, -0.1) is 0 Å². The van der Waals surface area contributed by atoms with Crippen LogP contribution in [0.4, 0.5) is 0 Å². The molecule has 1 aromatic carbocycles. The molecule has 6 nitrogen and oxygen atoms in total. The van der Waals surface area contributed by atoms with Gasteiger partial charge in [0.25, 0.3) is 0 Å². The molecule has 1 amide bonds. The van der Waals surface area contributed by atoms with Gasteiger partial charge in [-0.25, -0.2) is 9.79 Å². The number of fused-ring (bicyclic) bond motifs is 1. The van der Waals surface area contributed by atoms with Crippen molar-refractivity contribution < 1.29 is 14.3 Å². The van der Waals surface area contributed by atoms with Crippen LogP contribution in [0.5, 0.6) is 0 Å². The third-order valence-corrected chi connectivity index (χ3v) is 7.10. The zero-order chi connectivity index (χ0) is 22.0. The van der Waals surface area contributed by atoms with E-state index in [1.54, 1.807) is 0 Å². The van der Waals surface area contributed by atoms with Crippen LogP contribution in [-0.2, 0) is 14.3 Å². The average Bonchev–Trinajstić information content (AvgIpc) is 3.20. The number of amides is 1. The Hall–Kier alpha value is -2.54. The van der Waals surface area contributed by atoms with Gasteiger partial charge in [0.05, 0.1) is 30.8 Å². The van der Waals surface area contributed by atoms with Crippen molar-refractivity contribution >= 4 is 28.8 Å². The molecule has 1 fully saturated rings. The van der Waals surface area contributed by atoms with Gasteiger partial charge in [-0.05, 0) is 36.2 Å². The third-order valence-electron chi connectivity index (χ3n) is 6.21. The van der Waals surface area contributed by atoms with Crippen LogP contribution in [-0.4, -0.2) is 47.0 Å². The van der Waals surface area contributed by atoms with Gasteiger partial charge < -0.3 is 14.5 Å². The molecule has 1 aromatic rings. The van der Waals surface area contributed by atoms with Crippen molar-refractivity contribution in [2.75, 3.05) is 20.2 Å². The number of nitrogens with zero attached hydrogens (tertiary/aromatic N) is 3. The van der Waals surface area contributed by atoms with Crippen molar-refractivity contribution in [1.29, 1.82) is 0 Å². The van der Waals surface area contributed by atoms with Gasteiger partial charge in [0, 0.05) is 18.8 Å². The lowest BCUT2D eigenvalue weighted by molar-refractivity contribution is -0.136. The van der Waals surface area contributed by atoms with Gasteiger partial charge in [0.15, 0.2) is 5.17 Å². The van der Waals surface area contributed by atoms with Crippen LogP contribution in [0.15, 0.2) is 57.7 Å². The first kappa shape index (κ1) is 21.7. The standard InChI is InChI=1S/C24H29N3O3S/c1-4-19-21(23(29)30-3)22(17-8-6-5-7-9-17)27-18(15-31-24(27)25-19)14-20(28)26-12-10-16(2)11-13-26/h5-9,15-16,22H,4,10-14H2,1-3H3/t22-/m1/s1. The lowest BCUT2D eigenvalue weighted by Gasteiger charge is -2.37. The van der Waals surface area contributed by atoms with Crippen LogP contribution >= 0.6 is 11.8 Å². The van der Waals surface area contributed by atoms with E-state index in [1.807, 2.05) is 47.6 Å². The van der Waals surface area contributed by atoms with Crippen molar-refractivity contribution in [1.82, 2.24) is 9.80 Å². The summed E-state index contributed by atoms with van der Waals surface area (Å²) in [5, 5.41) is 2.82. The molecule has 4 rings (SSSR count). The Balaban J connectivity index is 1.67. The number of benzene rings is 1. The number of piperidine rings is 1. The first-order valence-electron chi connectivity index (χ1n) is 10.9. The summed E-state index contributed by atoms with van der Waals surface area (Å²) < 4.78 is 5.15. The molecule has 7 heteroatoms. The predicted molar refractivity (Wildman–Crippen MR) is 123 cm³/mol. The van der Waals surface area contributed by atoms with Gasteiger partial charge in [-0.1, -0.05) is 55.9 Å². The number of hydrogen-bond donors (Lipinski definition) is 0. The largest absolute Gasteiger partial charge is 0.466 e. The molecule has 0 radical (unpaired) electrons. The second-order valence-corrected chi connectivity index (χ2v) is 9.09. The number of aliphatic imine (C=N–C) groups is 1. The summed E-state index contributed by atoms with van der Waals surface area (Å²) >= 11 is 1.52. The summed E-state index contributed by atoms with van der Waals surface area (Å²) in [5.74, 6) is 0.437. The summed E-state index contributed by atoms with van der Waals surface area (Å²) in [5.41, 5.74) is 3.16. The lowest BCUT2D eigenvalue weighted by Crippen LogP contribution is -2.41. The fourth-order valence-electron chi connectivity index (χ4n) is 4.39. The van der Waals surface area contributed by atoms with Crippen molar-refractivity contribution in [2.45, 2.75) is 45.6 Å². The zero-order valence-corrected chi connectivity index (χ0v) is 19.2. The van der Waals surface area contributed by atoms with E-state index >= 15 is 0 Å². The molecule has 1 saturated heterocycles. The highest BCUT2D eigenvalue weighted by atomic mass is 32.2. The van der Waals surface area contributed by atoms with Gasteiger partial charge in [0.1, 0.15) is 0 Å². The molecule has 0 bridgehead atoms. The van der Waals surface area contributed by atoms with E-state index in [-0.39, 0.29) is 17.9 Å². The summed E-state index contributed by atoms with van der Waals surface area (Å²) in [6.45, 7) is 5.87. The summed E-state index contributed by atoms with van der Waals surface area (Å²) in [4.78, 5) is 34.7. The number of hydrogen-bond acceptors (Lipinski definition) is 6. The van der Waals surface area contributed by atoms with E-state index < -0.39 is 0 Å². The van der Waals surface area contributed by atoms with E-state index in [2.05, 4.69) is 11.8 Å². The molecular formula is C24H29N3O3S. The third kappa shape index (κ3) is 4.28. The molecule has 0 aliphatic carbocycles. The number of thioether (sulfide) groups is 1. The second-order valence-electron chi connectivity index (χ2n) is 8.25. The molecule has 3 aliphatic rings. The molecule has 3 heterocycles. The van der Waals surface area contributed by atoms with Crippen LogP contribution in [0.1, 0.15) is 51.1 Å². The summed E-state index contributed by atoms with van der Waals surface area (Å²) in [6, 6.07) is 9.56. The number of esters is 1. The Labute approximate surface area is 188 Å². The number of carbonyl (C=O) groups is 2. The first-order valence-corrected chi connectivity index (χ1v) is 11.8. The SMILES string of the molecule is CCC1=C(C(=O)OC)[C@@H](c2ccccc2)N2C(CC(=O)N3CCC(C)CC3)=CSC2=N1. The first-order chi connectivity index (χ1) is 15.0. The minimum atomic E-state index is -0.374. The number of allylic oxidation sites excluding steroid dienone is 1.